The molecule has 1 aromatic carbocycles. The molecule has 5 nitrogen and oxygen atoms in total. The molecule has 0 saturated carbocycles. The van der Waals surface area contributed by atoms with Crippen molar-refractivity contribution in [2.45, 2.75) is 12.6 Å². The summed E-state index contributed by atoms with van der Waals surface area (Å²) in [4.78, 5) is 13.7. The van der Waals surface area contributed by atoms with E-state index in [0.29, 0.717) is 5.52 Å². The van der Waals surface area contributed by atoms with Crippen LogP contribution in [0.15, 0.2) is 69.5 Å². The van der Waals surface area contributed by atoms with Crippen LogP contribution in [-0.4, -0.2) is 19.3 Å². The average Bonchev–Trinajstić information content (AvgIpc) is 3.26. The number of aromatic nitrogens is 3. The van der Waals surface area contributed by atoms with E-state index in [1.165, 1.54) is 4.57 Å². The summed E-state index contributed by atoms with van der Waals surface area (Å²) in [5.74, 6) is 0. The van der Waals surface area contributed by atoms with E-state index in [0.717, 1.165) is 20.6 Å². The summed E-state index contributed by atoms with van der Waals surface area (Å²) >= 11 is 4.98. The van der Waals surface area contributed by atoms with Gasteiger partial charge in [0.05, 0.1) is 17.5 Å². The first-order chi connectivity index (χ1) is 12.1. The van der Waals surface area contributed by atoms with Gasteiger partial charge in [-0.15, -0.1) is 11.3 Å². The standard InChI is InChI=1S/C18H14BrN3O2S/c19-13-4-1-3-12(9-13)16(23)11-21-6-7-22-15(18(21)24)10-14(20-22)17-5-2-8-25-17/h1-10,16,23H,11H2/t16-/m0/s1. The molecule has 0 radical (unpaired) electrons. The van der Waals surface area contributed by atoms with Crippen LogP contribution >= 0.6 is 27.3 Å². The third-order valence-corrected chi connectivity index (χ3v) is 5.37. The number of aliphatic hydroxyl groups excluding tert-OH is 1. The number of aliphatic hydroxyl groups is 1. The Morgan fingerprint density at radius 2 is 2.08 bits per heavy atom. The molecule has 0 fully saturated rings. The molecule has 0 spiro atoms. The van der Waals surface area contributed by atoms with Crippen LogP contribution in [0.1, 0.15) is 11.7 Å². The van der Waals surface area contributed by atoms with Crippen LogP contribution in [-0.2, 0) is 6.54 Å². The lowest BCUT2D eigenvalue weighted by Crippen LogP contribution is -2.24. The highest BCUT2D eigenvalue weighted by molar-refractivity contribution is 9.10. The maximum Gasteiger partial charge on any atom is 0.276 e. The second-order valence-corrected chi connectivity index (χ2v) is 7.53. The molecule has 3 aromatic heterocycles. The molecule has 0 amide bonds. The van der Waals surface area contributed by atoms with Crippen LogP contribution in [0.5, 0.6) is 0 Å². The van der Waals surface area contributed by atoms with Crippen LogP contribution in [0.3, 0.4) is 0 Å². The summed E-state index contributed by atoms with van der Waals surface area (Å²) in [7, 11) is 0. The minimum atomic E-state index is -0.766. The zero-order valence-corrected chi connectivity index (χ0v) is 15.4. The summed E-state index contributed by atoms with van der Waals surface area (Å²) in [5.41, 5.74) is 1.85. The molecular formula is C18H14BrN3O2S. The molecule has 0 saturated heterocycles. The smallest absolute Gasteiger partial charge is 0.276 e. The van der Waals surface area contributed by atoms with Crippen LogP contribution < -0.4 is 5.56 Å². The summed E-state index contributed by atoms with van der Waals surface area (Å²) in [6.45, 7) is 0.186. The molecule has 0 aliphatic heterocycles. The van der Waals surface area contributed by atoms with Gasteiger partial charge >= 0.3 is 0 Å². The highest BCUT2D eigenvalue weighted by Gasteiger charge is 2.13. The van der Waals surface area contributed by atoms with Gasteiger partial charge in [0.25, 0.3) is 5.56 Å². The predicted octanol–water partition coefficient (Wildman–Crippen LogP) is 3.72. The molecular weight excluding hydrogens is 402 g/mol. The molecule has 25 heavy (non-hydrogen) atoms. The largest absolute Gasteiger partial charge is 0.387 e. The number of hydrogen-bond acceptors (Lipinski definition) is 4. The van der Waals surface area contributed by atoms with Gasteiger partial charge in [0.1, 0.15) is 11.2 Å². The fourth-order valence-corrected chi connectivity index (χ4v) is 3.82. The molecule has 0 unspecified atom stereocenters. The van der Waals surface area contributed by atoms with E-state index < -0.39 is 6.10 Å². The molecule has 3 heterocycles. The lowest BCUT2D eigenvalue weighted by molar-refractivity contribution is 0.155. The second-order valence-electron chi connectivity index (χ2n) is 5.66. The first kappa shape index (κ1) is 16.3. The van der Waals surface area contributed by atoms with Gasteiger partial charge in [-0.05, 0) is 35.2 Å². The van der Waals surface area contributed by atoms with Gasteiger partial charge in [-0.2, -0.15) is 5.10 Å². The molecule has 4 aromatic rings. The highest BCUT2D eigenvalue weighted by Crippen LogP contribution is 2.24. The van der Waals surface area contributed by atoms with Gasteiger partial charge in [-0.3, -0.25) is 4.79 Å². The Bertz CT molecular complexity index is 1090. The van der Waals surface area contributed by atoms with E-state index in [-0.39, 0.29) is 12.1 Å². The zero-order chi connectivity index (χ0) is 17.4. The summed E-state index contributed by atoms with van der Waals surface area (Å²) < 4.78 is 3.99. The highest BCUT2D eigenvalue weighted by atomic mass is 79.9. The van der Waals surface area contributed by atoms with E-state index in [1.807, 2.05) is 41.8 Å². The summed E-state index contributed by atoms with van der Waals surface area (Å²) in [6, 6.07) is 13.2. The van der Waals surface area contributed by atoms with E-state index in [2.05, 4.69) is 21.0 Å². The number of fused-ring (bicyclic) bond motifs is 1. The maximum atomic E-state index is 12.7. The number of rotatable bonds is 4. The number of benzene rings is 1. The molecule has 4 rings (SSSR count). The Morgan fingerprint density at radius 1 is 1.20 bits per heavy atom. The molecule has 0 bridgehead atoms. The van der Waals surface area contributed by atoms with Crippen molar-refractivity contribution in [3.8, 4) is 10.6 Å². The lowest BCUT2D eigenvalue weighted by atomic mass is 10.1. The van der Waals surface area contributed by atoms with E-state index in [1.54, 1.807) is 34.3 Å². The van der Waals surface area contributed by atoms with Gasteiger partial charge in [-0.25, -0.2) is 4.52 Å². The lowest BCUT2D eigenvalue weighted by Gasteiger charge is -2.13. The van der Waals surface area contributed by atoms with Crippen molar-refractivity contribution in [1.29, 1.82) is 0 Å². The first-order valence-corrected chi connectivity index (χ1v) is 9.35. The van der Waals surface area contributed by atoms with Crippen LogP contribution in [0.25, 0.3) is 16.1 Å². The summed E-state index contributed by atoms with van der Waals surface area (Å²) in [6.07, 6.45) is 2.63. The fourth-order valence-electron chi connectivity index (χ4n) is 2.72. The van der Waals surface area contributed by atoms with Crippen molar-refractivity contribution in [3.63, 3.8) is 0 Å². The number of halogens is 1. The normalized spacial score (nSPS) is 12.6. The van der Waals surface area contributed by atoms with Crippen LogP contribution in [0, 0.1) is 0 Å². The van der Waals surface area contributed by atoms with Gasteiger partial charge in [0.2, 0.25) is 0 Å². The van der Waals surface area contributed by atoms with Crippen molar-refractivity contribution in [1.82, 2.24) is 14.2 Å². The number of nitrogens with zero attached hydrogens (tertiary/aromatic N) is 3. The molecule has 1 N–H and O–H groups in total. The van der Waals surface area contributed by atoms with Gasteiger partial charge in [0, 0.05) is 16.9 Å². The van der Waals surface area contributed by atoms with Crippen molar-refractivity contribution < 1.29 is 5.11 Å². The third-order valence-electron chi connectivity index (χ3n) is 3.98. The van der Waals surface area contributed by atoms with E-state index in [9.17, 15) is 9.90 Å². The van der Waals surface area contributed by atoms with Crippen molar-refractivity contribution in [2.24, 2.45) is 0 Å². The topological polar surface area (TPSA) is 59.5 Å². The molecule has 7 heteroatoms. The fraction of sp³-hybridized carbons (Fsp3) is 0.111. The van der Waals surface area contributed by atoms with Crippen molar-refractivity contribution in [3.05, 3.63) is 80.6 Å². The summed E-state index contributed by atoms with van der Waals surface area (Å²) in [5, 5.41) is 16.9. The minimum Gasteiger partial charge on any atom is -0.387 e. The Morgan fingerprint density at radius 3 is 2.84 bits per heavy atom. The monoisotopic (exact) mass is 415 g/mol. The Labute approximate surface area is 155 Å². The van der Waals surface area contributed by atoms with Crippen molar-refractivity contribution >= 4 is 32.8 Å². The van der Waals surface area contributed by atoms with E-state index in [4.69, 9.17) is 0 Å². The minimum absolute atomic E-state index is 0.174. The van der Waals surface area contributed by atoms with Gasteiger partial charge in [0.15, 0.2) is 0 Å². The Kier molecular flexibility index (Phi) is 4.29. The number of thiophene rings is 1. The molecule has 1 atom stereocenters. The molecule has 0 aliphatic carbocycles. The van der Waals surface area contributed by atoms with E-state index >= 15 is 0 Å². The zero-order valence-electron chi connectivity index (χ0n) is 13.0. The number of hydrogen-bond donors (Lipinski definition) is 1. The second kappa shape index (κ2) is 6.59. The average molecular weight is 416 g/mol. The maximum absolute atomic E-state index is 12.7. The van der Waals surface area contributed by atoms with Crippen LogP contribution in [0.2, 0.25) is 0 Å². The SMILES string of the molecule is O=c1c2cc(-c3cccs3)nn2ccn1C[C@H](O)c1cccc(Br)c1. The van der Waals surface area contributed by atoms with Gasteiger partial charge in [-0.1, -0.05) is 34.1 Å². The third kappa shape index (κ3) is 3.18. The predicted molar refractivity (Wildman–Crippen MR) is 102 cm³/mol. The molecule has 0 aliphatic rings. The quantitative estimate of drug-likeness (QED) is 0.552. The Hall–Kier alpha value is -2.22. The van der Waals surface area contributed by atoms with Gasteiger partial charge < -0.3 is 9.67 Å². The first-order valence-electron chi connectivity index (χ1n) is 7.68. The van der Waals surface area contributed by atoms with Crippen LogP contribution in [0.4, 0.5) is 0 Å². The van der Waals surface area contributed by atoms with Crippen molar-refractivity contribution in [2.75, 3.05) is 0 Å². The Balaban J connectivity index is 1.68. The molecule has 126 valence electrons.